The van der Waals surface area contributed by atoms with Gasteiger partial charge in [0.05, 0.1) is 0 Å². The Kier molecular flexibility index (Phi) is 3.00. The summed E-state index contributed by atoms with van der Waals surface area (Å²) in [5.41, 5.74) is 2.31. The molecule has 0 bridgehead atoms. The van der Waals surface area contributed by atoms with Gasteiger partial charge in [0.15, 0.2) is 11.6 Å². The summed E-state index contributed by atoms with van der Waals surface area (Å²) in [6.45, 7) is 0. The monoisotopic (exact) mass is 250 g/mol. The Morgan fingerprint density at radius 2 is 1.63 bits per heavy atom. The summed E-state index contributed by atoms with van der Waals surface area (Å²) < 4.78 is 0. The van der Waals surface area contributed by atoms with Gasteiger partial charge >= 0.3 is 0 Å². The van der Waals surface area contributed by atoms with Crippen LogP contribution in [-0.4, -0.2) is 11.6 Å². The molecule has 1 aliphatic carbocycles. The lowest BCUT2D eigenvalue weighted by Crippen LogP contribution is -2.22. The van der Waals surface area contributed by atoms with Crippen LogP contribution in [0.5, 0.6) is 0 Å². The average Bonchev–Trinajstić information content (AvgIpc) is 2.48. The van der Waals surface area contributed by atoms with Crippen molar-refractivity contribution in [3.05, 3.63) is 71.3 Å². The quantitative estimate of drug-likeness (QED) is 0.763. The largest absolute Gasteiger partial charge is 0.294 e. The van der Waals surface area contributed by atoms with Gasteiger partial charge in [0.1, 0.15) is 0 Å². The van der Waals surface area contributed by atoms with Crippen molar-refractivity contribution < 1.29 is 9.59 Å². The van der Waals surface area contributed by atoms with Crippen LogP contribution in [0.15, 0.2) is 54.6 Å². The molecule has 0 spiro atoms. The standard InChI is InChI=1S/C17H14O2/c18-16-11-10-15(13-8-4-5-9-14(13)16)17(19)12-6-2-1-3-7-12/h1-9,15H,10-11H2. The van der Waals surface area contributed by atoms with Gasteiger partial charge in [0, 0.05) is 23.5 Å². The van der Waals surface area contributed by atoms with Crippen LogP contribution in [0.1, 0.15) is 45.0 Å². The Hall–Kier alpha value is -2.22. The normalized spacial score (nSPS) is 17.9. The SMILES string of the molecule is O=C1CCC(C(=O)c2ccccc2)c2ccccc21. The van der Waals surface area contributed by atoms with Crippen LogP contribution < -0.4 is 0 Å². The van der Waals surface area contributed by atoms with E-state index in [-0.39, 0.29) is 17.5 Å². The molecule has 2 nitrogen and oxygen atoms in total. The predicted octanol–water partition coefficient (Wildman–Crippen LogP) is 3.63. The van der Waals surface area contributed by atoms with Crippen molar-refractivity contribution in [1.82, 2.24) is 0 Å². The third-order valence-corrected chi connectivity index (χ3v) is 3.67. The molecule has 0 saturated carbocycles. The minimum atomic E-state index is -0.184. The maximum atomic E-state index is 12.6. The lowest BCUT2D eigenvalue weighted by Gasteiger charge is -2.23. The molecule has 94 valence electrons. The van der Waals surface area contributed by atoms with Crippen molar-refractivity contribution in [2.24, 2.45) is 0 Å². The summed E-state index contributed by atoms with van der Waals surface area (Å²) in [5, 5.41) is 0. The van der Waals surface area contributed by atoms with Gasteiger partial charge in [-0.2, -0.15) is 0 Å². The van der Waals surface area contributed by atoms with Crippen molar-refractivity contribution in [2.45, 2.75) is 18.8 Å². The lowest BCUT2D eigenvalue weighted by atomic mass is 9.78. The molecule has 2 aromatic carbocycles. The third kappa shape index (κ3) is 2.10. The van der Waals surface area contributed by atoms with Crippen LogP contribution in [0.4, 0.5) is 0 Å². The Balaban J connectivity index is 2.02. The van der Waals surface area contributed by atoms with Crippen LogP contribution in [0.25, 0.3) is 0 Å². The van der Waals surface area contributed by atoms with E-state index in [1.165, 1.54) is 0 Å². The maximum Gasteiger partial charge on any atom is 0.170 e. The molecule has 0 amide bonds. The van der Waals surface area contributed by atoms with E-state index >= 15 is 0 Å². The molecule has 2 heteroatoms. The fraction of sp³-hybridized carbons (Fsp3) is 0.176. The molecule has 1 atom stereocenters. The molecule has 0 fully saturated rings. The highest BCUT2D eigenvalue weighted by atomic mass is 16.1. The number of hydrogen-bond donors (Lipinski definition) is 0. The summed E-state index contributed by atoms with van der Waals surface area (Å²) >= 11 is 0. The maximum absolute atomic E-state index is 12.6. The second-order valence-electron chi connectivity index (χ2n) is 4.83. The second kappa shape index (κ2) is 4.81. The van der Waals surface area contributed by atoms with Gasteiger partial charge in [-0.1, -0.05) is 54.6 Å². The summed E-state index contributed by atoms with van der Waals surface area (Å²) in [6, 6.07) is 16.8. The van der Waals surface area contributed by atoms with Gasteiger partial charge in [0.25, 0.3) is 0 Å². The van der Waals surface area contributed by atoms with E-state index in [9.17, 15) is 9.59 Å². The first-order valence-electron chi connectivity index (χ1n) is 6.49. The molecule has 0 N–H and O–H groups in total. The zero-order valence-corrected chi connectivity index (χ0v) is 10.5. The van der Waals surface area contributed by atoms with Gasteiger partial charge in [-0.25, -0.2) is 0 Å². The number of rotatable bonds is 2. The van der Waals surface area contributed by atoms with Gasteiger partial charge < -0.3 is 0 Å². The Bertz CT molecular complexity index is 629. The van der Waals surface area contributed by atoms with E-state index in [0.29, 0.717) is 18.4 Å². The smallest absolute Gasteiger partial charge is 0.170 e. The number of Topliss-reactive ketones (excluding diaryl/α,β-unsaturated/α-hetero) is 2. The van der Waals surface area contributed by atoms with Crippen LogP contribution in [-0.2, 0) is 0 Å². The third-order valence-electron chi connectivity index (χ3n) is 3.67. The Morgan fingerprint density at radius 1 is 0.947 bits per heavy atom. The van der Waals surface area contributed by atoms with Gasteiger partial charge in [-0.3, -0.25) is 9.59 Å². The minimum absolute atomic E-state index is 0.112. The minimum Gasteiger partial charge on any atom is -0.294 e. The molecule has 3 rings (SSSR count). The first kappa shape index (κ1) is 11.8. The average molecular weight is 250 g/mol. The molecule has 0 heterocycles. The summed E-state index contributed by atoms with van der Waals surface area (Å²) in [7, 11) is 0. The number of carbonyl (C=O) groups is 2. The van der Waals surface area contributed by atoms with E-state index in [2.05, 4.69) is 0 Å². The van der Waals surface area contributed by atoms with E-state index < -0.39 is 0 Å². The van der Waals surface area contributed by atoms with E-state index in [4.69, 9.17) is 0 Å². The number of carbonyl (C=O) groups excluding carboxylic acids is 2. The van der Waals surface area contributed by atoms with E-state index in [1.807, 2.05) is 54.6 Å². The van der Waals surface area contributed by atoms with E-state index in [0.717, 1.165) is 11.1 Å². The molecule has 0 saturated heterocycles. The summed E-state index contributed by atoms with van der Waals surface area (Å²) in [5.74, 6) is 0.0737. The van der Waals surface area contributed by atoms with Gasteiger partial charge in [-0.05, 0) is 12.0 Å². The number of hydrogen-bond acceptors (Lipinski definition) is 2. The number of benzene rings is 2. The van der Waals surface area contributed by atoms with Crippen molar-refractivity contribution in [3.8, 4) is 0 Å². The van der Waals surface area contributed by atoms with Crippen molar-refractivity contribution in [3.63, 3.8) is 0 Å². The topological polar surface area (TPSA) is 34.1 Å². The molecule has 0 radical (unpaired) electrons. The highest BCUT2D eigenvalue weighted by Crippen LogP contribution is 2.33. The summed E-state index contributed by atoms with van der Waals surface area (Å²) in [4.78, 5) is 24.4. The Morgan fingerprint density at radius 3 is 2.42 bits per heavy atom. The number of fused-ring (bicyclic) bond motifs is 1. The van der Waals surface area contributed by atoms with Gasteiger partial charge in [0.2, 0.25) is 0 Å². The zero-order chi connectivity index (χ0) is 13.2. The predicted molar refractivity (Wildman–Crippen MR) is 73.5 cm³/mol. The molecular weight excluding hydrogens is 236 g/mol. The summed E-state index contributed by atoms with van der Waals surface area (Å²) in [6.07, 6.45) is 1.07. The van der Waals surface area contributed by atoms with Crippen LogP contribution in [0.2, 0.25) is 0 Å². The molecule has 1 unspecified atom stereocenters. The lowest BCUT2D eigenvalue weighted by molar-refractivity contribution is 0.0918. The Labute approximate surface area is 112 Å². The molecule has 2 aromatic rings. The second-order valence-corrected chi connectivity index (χ2v) is 4.83. The first-order valence-corrected chi connectivity index (χ1v) is 6.49. The highest BCUT2D eigenvalue weighted by molar-refractivity contribution is 6.06. The van der Waals surface area contributed by atoms with Crippen LogP contribution in [0, 0.1) is 0 Å². The molecule has 0 aliphatic heterocycles. The van der Waals surface area contributed by atoms with Gasteiger partial charge in [-0.15, -0.1) is 0 Å². The van der Waals surface area contributed by atoms with E-state index in [1.54, 1.807) is 0 Å². The first-order chi connectivity index (χ1) is 9.27. The van der Waals surface area contributed by atoms with Crippen molar-refractivity contribution in [1.29, 1.82) is 0 Å². The molecular formula is C17H14O2. The molecule has 0 aromatic heterocycles. The highest BCUT2D eigenvalue weighted by Gasteiger charge is 2.30. The molecule has 19 heavy (non-hydrogen) atoms. The fourth-order valence-corrected chi connectivity index (χ4v) is 2.70. The van der Waals surface area contributed by atoms with Crippen LogP contribution >= 0.6 is 0 Å². The zero-order valence-electron chi connectivity index (χ0n) is 10.5. The van der Waals surface area contributed by atoms with Crippen molar-refractivity contribution in [2.75, 3.05) is 0 Å². The number of ketones is 2. The van der Waals surface area contributed by atoms with Crippen LogP contribution in [0.3, 0.4) is 0 Å². The fourth-order valence-electron chi connectivity index (χ4n) is 2.70. The molecule has 1 aliphatic rings. The van der Waals surface area contributed by atoms with Crippen molar-refractivity contribution >= 4 is 11.6 Å².